The molecular formula is C27H32O2. The van der Waals surface area contributed by atoms with E-state index in [1.165, 1.54) is 27.8 Å². The van der Waals surface area contributed by atoms with Crippen LogP contribution in [0.15, 0.2) is 54.3 Å². The van der Waals surface area contributed by atoms with Crippen molar-refractivity contribution in [2.45, 2.75) is 64.7 Å². The minimum absolute atomic E-state index is 0.0427. The number of carbonyl (C=O) groups is 1. The molecule has 0 bridgehead atoms. The molecule has 0 amide bonds. The standard InChI is InChI=1S/C27H32O2/c1-19-15-24-25(27(4,5)13-12-26(24,2)3)18-22(19)16-20-8-10-21(11-9-20)17-23(29)7-6-14-28/h8-15,17-18,29H,6-7,16H2,1-5H3/b23-17-. The normalized spacial score (nSPS) is 17.1. The van der Waals surface area contributed by atoms with Gasteiger partial charge in [-0.05, 0) is 52.8 Å². The summed E-state index contributed by atoms with van der Waals surface area (Å²) in [6, 6.07) is 13.1. The summed E-state index contributed by atoms with van der Waals surface area (Å²) in [6.45, 7) is 11.4. The fourth-order valence-corrected chi connectivity index (χ4v) is 4.03. The number of fused-ring (bicyclic) bond motifs is 1. The molecule has 0 spiro atoms. The van der Waals surface area contributed by atoms with E-state index in [2.05, 4.69) is 71.0 Å². The van der Waals surface area contributed by atoms with Gasteiger partial charge < -0.3 is 9.90 Å². The van der Waals surface area contributed by atoms with E-state index in [0.29, 0.717) is 12.8 Å². The summed E-state index contributed by atoms with van der Waals surface area (Å²) in [5, 5.41) is 9.88. The molecule has 0 saturated carbocycles. The maximum atomic E-state index is 10.4. The van der Waals surface area contributed by atoms with Gasteiger partial charge in [-0.2, -0.15) is 0 Å². The summed E-state index contributed by atoms with van der Waals surface area (Å²) in [6.07, 6.45) is 8.86. The van der Waals surface area contributed by atoms with Crippen LogP contribution in [0.1, 0.15) is 73.9 Å². The Kier molecular flexibility index (Phi) is 5.84. The third kappa shape index (κ3) is 4.70. The zero-order valence-corrected chi connectivity index (χ0v) is 18.3. The van der Waals surface area contributed by atoms with Gasteiger partial charge in [-0.15, -0.1) is 0 Å². The van der Waals surface area contributed by atoms with E-state index in [1.54, 1.807) is 6.08 Å². The van der Waals surface area contributed by atoms with Crippen LogP contribution in [0, 0.1) is 6.92 Å². The van der Waals surface area contributed by atoms with Gasteiger partial charge in [-0.3, -0.25) is 0 Å². The van der Waals surface area contributed by atoms with E-state index in [0.717, 1.165) is 18.3 Å². The van der Waals surface area contributed by atoms with E-state index < -0.39 is 0 Å². The molecule has 0 aliphatic heterocycles. The van der Waals surface area contributed by atoms with Crippen molar-refractivity contribution in [1.29, 1.82) is 0 Å². The molecule has 0 unspecified atom stereocenters. The van der Waals surface area contributed by atoms with Crippen molar-refractivity contribution in [2.24, 2.45) is 0 Å². The van der Waals surface area contributed by atoms with E-state index in [4.69, 9.17) is 0 Å². The van der Waals surface area contributed by atoms with Gasteiger partial charge in [0.25, 0.3) is 0 Å². The van der Waals surface area contributed by atoms with Gasteiger partial charge in [0, 0.05) is 23.7 Å². The molecule has 2 heteroatoms. The summed E-state index contributed by atoms with van der Waals surface area (Å²) < 4.78 is 0. The van der Waals surface area contributed by atoms with Gasteiger partial charge in [0.05, 0.1) is 5.76 Å². The maximum absolute atomic E-state index is 10.4. The average Bonchev–Trinajstić information content (AvgIpc) is 2.66. The molecule has 0 atom stereocenters. The first-order chi connectivity index (χ1) is 13.6. The van der Waals surface area contributed by atoms with Gasteiger partial charge in [-0.1, -0.05) is 76.2 Å². The number of allylic oxidation sites excluding steroid dienone is 3. The van der Waals surface area contributed by atoms with Crippen LogP contribution in [0.5, 0.6) is 0 Å². The van der Waals surface area contributed by atoms with Crippen molar-refractivity contribution in [3.63, 3.8) is 0 Å². The van der Waals surface area contributed by atoms with Gasteiger partial charge in [-0.25, -0.2) is 0 Å². The monoisotopic (exact) mass is 388 g/mol. The molecule has 0 saturated heterocycles. The van der Waals surface area contributed by atoms with Crippen LogP contribution in [-0.4, -0.2) is 11.4 Å². The molecule has 0 heterocycles. The molecule has 1 aliphatic rings. The molecule has 29 heavy (non-hydrogen) atoms. The predicted molar refractivity (Wildman–Crippen MR) is 122 cm³/mol. The number of aryl methyl sites for hydroxylation is 1. The number of aliphatic hydroxyl groups excluding tert-OH is 1. The highest BCUT2D eigenvalue weighted by Gasteiger charge is 2.33. The second kappa shape index (κ2) is 8.02. The Morgan fingerprint density at radius 2 is 1.55 bits per heavy atom. The van der Waals surface area contributed by atoms with Crippen LogP contribution in [0.4, 0.5) is 0 Å². The van der Waals surface area contributed by atoms with Crippen molar-refractivity contribution in [3.05, 3.63) is 87.7 Å². The number of rotatable bonds is 6. The first-order valence-electron chi connectivity index (χ1n) is 10.4. The molecule has 2 aromatic rings. The van der Waals surface area contributed by atoms with Gasteiger partial charge in [0.1, 0.15) is 6.29 Å². The summed E-state index contributed by atoms with van der Waals surface area (Å²) in [5.41, 5.74) is 7.85. The fraction of sp³-hybridized carbons (Fsp3) is 0.370. The quantitative estimate of drug-likeness (QED) is 0.344. The summed E-state index contributed by atoms with van der Waals surface area (Å²) >= 11 is 0. The topological polar surface area (TPSA) is 37.3 Å². The van der Waals surface area contributed by atoms with Crippen LogP contribution in [0.2, 0.25) is 0 Å². The number of hydrogen-bond acceptors (Lipinski definition) is 2. The number of benzene rings is 2. The Hall–Kier alpha value is -2.61. The highest BCUT2D eigenvalue weighted by Crippen LogP contribution is 2.42. The van der Waals surface area contributed by atoms with Crippen molar-refractivity contribution in [1.82, 2.24) is 0 Å². The van der Waals surface area contributed by atoms with Gasteiger partial charge in [0.15, 0.2) is 0 Å². The molecule has 1 aliphatic carbocycles. The molecule has 2 nitrogen and oxygen atoms in total. The van der Waals surface area contributed by atoms with Crippen molar-refractivity contribution in [2.75, 3.05) is 0 Å². The van der Waals surface area contributed by atoms with E-state index in [9.17, 15) is 9.90 Å². The first-order valence-corrected chi connectivity index (χ1v) is 10.4. The number of carbonyl (C=O) groups excluding carboxylic acids is 1. The Balaban J connectivity index is 1.85. The smallest absolute Gasteiger partial charge is 0.120 e. The Morgan fingerprint density at radius 1 is 0.966 bits per heavy atom. The molecule has 0 fully saturated rings. The lowest BCUT2D eigenvalue weighted by Gasteiger charge is -2.37. The third-order valence-electron chi connectivity index (χ3n) is 6.01. The second-order valence-electron chi connectivity index (χ2n) is 9.36. The molecule has 152 valence electrons. The highest BCUT2D eigenvalue weighted by molar-refractivity contribution is 5.55. The average molecular weight is 389 g/mol. The molecule has 2 aromatic carbocycles. The Morgan fingerprint density at radius 3 is 2.14 bits per heavy atom. The second-order valence-corrected chi connectivity index (χ2v) is 9.36. The number of aldehydes is 1. The van der Waals surface area contributed by atoms with Gasteiger partial charge in [0.2, 0.25) is 0 Å². The van der Waals surface area contributed by atoms with Crippen LogP contribution >= 0.6 is 0 Å². The minimum atomic E-state index is 0.0427. The lowest BCUT2D eigenvalue weighted by molar-refractivity contribution is -0.107. The van der Waals surface area contributed by atoms with Crippen molar-refractivity contribution < 1.29 is 9.90 Å². The third-order valence-corrected chi connectivity index (χ3v) is 6.01. The largest absolute Gasteiger partial charge is 0.512 e. The van der Waals surface area contributed by atoms with E-state index in [1.807, 2.05) is 12.1 Å². The predicted octanol–water partition coefficient (Wildman–Crippen LogP) is 6.59. The summed E-state index contributed by atoms with van der Waals surface area (Å²) in [4.78, 5) is 10.4. The van der Waals surface area contributed by atoms with Crippen molar-refractivity contribution in [3.8, 4) is 0 Å². The van der Waals surface area contributed by atoms with Crippen LogP contribution in [-0.2, 0) is 22.0 Å². The molecule has 3 rings (SSSR count). The zero-order valence-electron chi connectivity index (χ0n) is 18.3. The van der Waals surface area contributed by atoms with Crippen LogP contribution < -0.4 is 0 Å². The number of hydrogen-bond donors (Lipinski definition) is 1. The van der Waals surface area contributed by atoms with E-state index in [-0.39, 0.29) is 16.6 Å². The zero-order chi connectivity index (χ0) is 21.2. The highest BCUT2D eigenvalue weighted by atomic mass is 16.3. The Labute approximate surface area is 175 Å². The summed E-state index contributed by atoms with van der Waals surface area (Å²) in [5.74, 6) is 0.244. The molecule has 0 radical (unpaired) electrons. The minimum Gasteiger partial charge on any atom is -0.512 e. The molecule has 0 aromatic heterocycles. The van der Waals surface area contributed by atoms with Crippen LogP contribution in [0.25, 0.3) is 6.08 Å². The SMILES string of the molecule is Cc1cc2c(cc1Cc1ccc(/C=C(\O)CCC=O)cc1)C(C)(C)C=CC2(C)C. The van der Waals surface area contributed by atoms with Gasteiger partial charge >= 0.3 is 0 Å². The maximum Gasteiger partial charge on any atom is 0.120 e. The lowest BCUT2D eigenvalue weighted by Crippen LogP contribution is -2.29. The lowest BCUT2D eigenvalue weighted by atomic mass is 9.67. The van der Waals surface area contributed by atoms with E-state index >= 15 is 0 Å². The molecule has 1 N–H and O–H groups in total. The fourth-order valence-electron chi connectivity index (χ4n) is 4.03. The summed E-state index contributed by atoms with van der Waals surface area (Å²) in [7, 11) is 0. The molecular weight excluding hydrogens is 356 g/mol. The van der Waals surface area contributed by atoms with Crippen molar-refractivity contribution >= 4 is 12.4 Å². The Bertz CT molecular complexity index is 957. The first kappa shape index (κ1) is 21.1. The van der Waals surface area contributed by atoms with Crippen LogP contribution in [0.3, 0.4) is 0 Å². The number of aliphatic hydroxyl groups is 1.